The van der Waals surface area contributed by atoms with Crippen LogP contribution in [0.15, 0.2) is 22.7 Å². The van der Waals surface area contributed by atoms with Crippen LogP contribution in [0.4, 0.5) is 0 Å². The van der Waals surface area contributed by atoms with Crippen molar-refractivity contribution >= 4 is 15.9 Å². The highest BCUT2D eigenvalue weighted by Crippen LogP contribution is 2.23. The van der Waals surface area contributed by atoms with E-state index in [2.05, 4.69) is 34.2 Å². The average Bonchev–Trinajstić information content (AvgIpc) is 2.38. The van der Waals surface area contributed by atoms with E-state index < -0.39 is 0 Å². The topological polar surface area (TPSA) is 30.5 Å². The molecule has 1 rings (SSSR count). The van der Waals surface area contributed by atoms with Crippen LogP contribution in [0.1, 0.15) is 25.8 Å². The third-order valence-electron chi connectivity index (χ3n) is 2.48. The summed E-state index contributed by atoms with van der Waals surface area (Å²) in [4.78, 5) is 0. The van der Waals surface area contributed by atoms with Crippen LogP contribution in [0.2, 0.25) is 0 Å². The van der Waals surface area contributed by atoms with Gasteiger partial charge in [-0.2, -0.15) is 0 Å². The molecule has 3 nitrogen and oxygen atoms in total. The van der Waals surface area contributed by atoms with Gasteiger partial charge in [0, 0.05) is 36.2 Å². The number of hydrogen-bond acceptors (Lipinski definition) is 3. The first-order valence-electron chi connectivity index (χ1n) is 6.47. The molecule has 18 heavy (non-hydrogen) atoms. The summed E-state index contributed by atoms with van der Waals surface area (Å²) >= 11 is 3.49. The Morgan fingerprint density at radius 2 is 2.06 bits per heavy atom. The van der Waals surface area contributed by atoms with Crippen LogP contribution >= 0.6 is 15.9 Å². The maximum Gasteiger partial charge on any atom is 0.123 e. The van der Waals surface area contributed by atoms with Gasteiger partial charge < -0.3 is 14.8 Å². The summed E-state index contributed by atoms with van der Waals surface area (Å²) in [6.07, 6.45) is 0.921. The van der Waals surface area contributed by atoms with Crippen LogP contribution in [-0.4, -0.2) is 26.4 Å². The number of nitrogens with one attached hydrogen (secondary N) is 1. The fourth-order valence-electron chi connectivity index (χ4n) is 1.57. The van der Waals surface area contributed by atoms with Gasteiger partial charge in [0.15, 0.2) is 0 Å². The van der Waals surface area contributed by atoms with Crippen molar-refractivity contribution < 1.29 is 9.47 Å². The van der Waals surface area contributed by atoms with E-state index in [9.17, 15) is 0 Å². The maximum atomic E-state index is 5.79. The molecule has 0 fully saturated rings. The molecule has 0 amide bonds. The highest BCUT2D eigenvalue weighted by molar-refractivity contribution is 9.10. The van der Waals surface area contributed by atoms with Crippen molar-refractivity contribution in [2.75, 3.05) is 26.4 Å². The Labute approximate surface area is 118 Å². The Kier molecular flexibility index (Phi) is 8.05. The molecule has 1 aromatic rings. The minimum atomic E-state index is 0.695. The number of hydrogen-bond donors (Lipinski definition) is 1. The van der Waals surface area contributed by atoms with Crippen LogP contribution in [0.5, 0.6) is 5.75 Å². The predicted molar refractivity (Wildman–Crippen MR) is 78.1 cm³/mol. The van der Waals surface area contributed by atoms with Crippen molar-refractivity contribution in [3.63, 3.8) is 0 Å². The highest BCUT2D eigenvalue weighted by atomic mass is 79.9. The van der Waals surface area contributed by atoms with Gasteiger partial charge in [-0.25, -0.2) is 0 Å². The second kappa shape index (κ2) is 9.36. The van der Waals surface area contributed by atoms with E-state index >= 15 is 0 Å². The monoisotopic (exact) mass is 315 g/mol. The molecule has 4 heteroatoms. The summed E-state index contributed by atoms with van der Waals surface area (Å²) in [5.74, 6) is 0.954. The quantitative estimate of drug-likeness (QED) is 0.709. The first-order valence-corrected chi connectivity index (χ1v) is 7.27. The van der Waals surface area contributed by atoms with Gasteiger partial charge in [0.2, 0.25) is 0 Å². The highest BCUT2D eigenvalue weighted by Gasteiger charge is 2.04. The van der Waals surface area contributed by atoms with E-state index in [1.807, 2.05) is 19.1 Å². The van der Waals surface area contributed by atoms with Gasteiger partial charge in [0.05, 0.1) is 6.61 Å². The van der Waals surface area contributed by atoms with Crippen molar-refractivity contribution in [3.05, 3.63) is 28.2 Å². The zero-order valence-corrected chi connectivity index (χ0v) is 12.8. The van der Waals surface area contributed by atoms with Gasteiger partial charge in [-0.1, -0.05) is 22.9 Å². The Morgan fingerprint density at radius 1 is 1.22 bits per heavy atom. The molecule has 0 heterocycles. The fraction of sp³-hybridized carbons (Fsp3) is 0.571. The van der Waals surface area contributed by atoms with Gasteiger partial charge in [0.25, 0.3) is 0 Å². The van der Waals surface area contributed by atoms with Gasteiger partial charge in [-0.15, -0.1) is 0 Å². The third kappa shape index (κ3) is 5.85. The molecule has 0 aliphatic rings. The molecule has 0 spiro atoms. The van der Waals surface area contributed by atoms with Crippen molar-refractivity contribution in [2.24, 2.45) is 0 Å². The summed E-state index contributed by atoms with van der Waals surface area (Å²) in [6, 6.07) is 6.12. The Morgan fingerprint density at radius 3 is 2.78 bits per heavy atom. The molecular weight excluding hydrogens is 294 g/mol. The lowest BCUT2D eigenvalue weighted by atomic mass is 10.2. The normalized spacial score (nSPS) is 10.6. The Hall–Kier alpha value is -0.580. The fourth-order valence-corrected chi connectivity index (χ4v) is 1.98. The van der Waals surface area contributed by atoms with Crippen LogP contribution in [0.25, 0.3) is 0 Å². The summed E-state index contributed by atoms with van der Waals surface area (Å²) in [6.45, 7) is 8.11. The van der Waals surface area contributed by atoms with E-state index in [-0.39, 0.29) is 0 Å². The lowest BCUT2D eigenvalue weighted by molar-refractivity contribution is 0.130. The van der Waals surface area contributed by atoms with E-state index in [1.165, 1.54) is 5.56 Å². The molecule has 0 aliphatic carbocycles. The molecular formula is C14H22BrNO2. The molecule has 0 radical (unpaired) electrons. The first kappa shape index (κ1) is 15.5. The minimum absolute atomic E-state index is 0.695. The second-order valence-electron chi connectivity index (χ2n) is 3.93. The molecule has 1 aromatic carbocycles. The second-order valence-corrected chi connectivity index (χ2v) is 4.85. The SMILES string of the molecule is CCNCc1cc(Br)ccc1OCCCOCC. The summed E-state index contributed by atoms with van der Waals surface area (Å²) in [7, 11) is 0. The molecule has 1 N–H and O–H groups in total. The number of benzene rings is 1. The molecule has 0 atom stereocenters. The number of halogens is 1. The maximum absolute atomic E-state index is 5.79. The van der Waals surface area contributed by atoms with Crippen LogP contribution < -0.4 is 10.1 Å². The van der Waals surface area contributed by atoms with E-state index in [1.54, 1.807) is 0 Å². The molecule has 0 saturated heterocycles. The standard InChI is InChI=1S/C14H22BrNO2/c1-3-16-11-12-10-13(15)6-7-14(12)18-9-5-8-17-4-2/h6-7,10,16H,3-5,8-9,11H2,1-2H3. The molecule has 102 valence electrons. The minimum Gasteiger partial charge on any atom is -0.493 e. The van der Waals surface area contributed by atoms with Gasteiger partial charge in [-0.05, 0) is 31.7 Å². The molecule has 0 saturated carbocycles. The van der Waals surface area contributed by atoms with Crippen LogP contribution in [-0.2, 0) is 11.3 Å². The van der Waals surface area contributed by atoms with Crippen LogP contribution in [0.3, 0.4) is 0 Å². The molecule has 0 aliphatic heterocycles. The molecule has 0 aromatic heterocycles. The summed E-state index contributed by atoms with van der Waals surface area (Å²) in [5, 5.41) is 3.32. The van der Waals surface area contributed by atoms with Gasteiger partial charge in [-0.3, -0.25) is 0 Å². The van der Waals surface area contributed by atoms with Crippen molar-refractivity contribution in [1.29, 1.82) is 0 Å². The van der Waals surface area contributed by atoms with Gasteiger partial charge >= 0.3 is 0 Å². The van der Waals surface area contributed by atoms with E-state index in [0.717, 1.165) is 42.9 Å². The Balaban J connectivity index is 2.47. The zero-order valence-electron chi connectivity index (χ0n) is 11.2. The van der Waals surface area contributed by atoms with Crippen LogP contribution in [0, 0.1) is 0 Å². The average molecular weight is 316 g/mol. The first-order chi connectivity index (χ1) is 8.77. The van der Waals surface area contributed by atoms with Crippen molar-refractivity contribution in [2.45, 2.75) is 26.8 Å². The number of ether oxygens (including phenoxy) is 2. The largest absolute Gasteiger partial charge is 0.493 e. The summed E-state index contributed by atoms with van der Waals surface area (Å²) in [5.41, 5.74) is 1.18. The number of rotatable bonds is 9. The molecule has 0 bridgehead atoms. The van der Waals surface area contributed by atoms with E-state index in [4.69, 9.17) is 9.47 Å². The predicted octanol–water partition coefficient (Wildman–Crippen LogP) is 3.36. The van der Waals surface area contributed by atoms with Gasteiger partial charge in [0.1, 0.15) is 5.75 Å². The van der Waals surface area contributed by atoms with Crippen molar-refractivity contribution in [1.82, 2.24) is 5.32 Å². The van der Waals surface area contributed by atoms with Crippen molar-refractivity contribution in [3.8, 4) is 5.75 Å². The van der Waals surface area contributed by atoms with E-state index in [0.29, 0.717) is 6.61 Å². The third-order valence-corrected chi connectivity index (χ3v) is 2.98. The molecule has 0 unspecified atom stereocenters. The zero-order chi connectivity index (χ0) is 13.2. The smallest absolute Gasteiger partial charge is 0.123 e. The lowest BCUT2D eigenvalue weighted by Crippen LogP contribution is -2.13. The summed E-state index contributed by atoms with van der Waals surface area (Å²) < 4.78 is 12.2. The lowest BCUT2D eigenvalue weighted by Gasteiger charge is -2.12. The Bertz CT molecular complexity index is 345.